The fourth-order valence-corrected chi connectivity index (χ4v) is 11.6. The highest BCUT2D eigenvalue weighted by Gasteiger charge is 2.50. The van der Waals surface area contributed by atoms with Crippen LogP contribution in [0, 0.1) is 0 Å². The number of fused-ring (bicyclic) bond motifs is 14. The first-order chi connectivity index (χ1) is 30.3. The fraction of sp³-hybridized carbons (Fsp3) is 0.0179. The summed E-state index contributed by atoms with van der Waals surface area (Å²) in [6.07, 6.45) is 0. The van der Waals surface area contributed by atoms with Crippen LogP contribution in [0.3, 0.4) is 0 Å². The molecule has 9 aromatic carbocycles. The van der Waals surface area contributed by atoms with Crippen LogP contribution < -0.4 is 0 Å². The van der Waals surface area contributed by atoms with E-state index >= 15 is 0 Å². The molecule has 1 aliphatic carbocycles. The van der Waals surface area contributed by atoms with Gasteiger partial charge in [0.15, 0.2) is 17.5 Å². The normalized spacial score (nSPS) is 13.3. The van der Waals surface area contributed by atoms with Gasteiger partial charge in [0, 0.05) is 42.6 Å². The van der Waals surface area contributed by atoms with Gasteiger partial charge in [0.2, 0.25) is 0 Å². The standard InChI is InChI=1S/C56H34N4S/c1-3-17-35(18-4-1)53-57-54(36-19-5-2-6-20-36)59-55(58-53)41-31-33-48(40-24-8-7-21-37(40)41)60-47-29-15-11-25-42(47)51-49(60)34-32-46-52(51)61-50-30-16-14-28-45(50)56(46)43-26-12-9-22-38(43)39-23-10-13-27-44(39)56/h1-34H. The summed E-state index contributed by atoms with van der Waals surface area (Å²) >= 11 is 1.91. The minimum atomic E-state index is -0.447. The van der Waals surface area contributed by atoms with E-state index in [2.05, 4.69) is 174 Å². The molecule has 0 atom stereocenters. The third-order valence-corrected chi connectivity index (χ3v) is 13.9. The van der Waals surface area contributed by atoms with Crippen molar-refractivity contribution < 1.29 is 0 Å². The SMILES string of the molecule is c1ccc(-c2nc(-c3ccccc3)nc(-c3ccc(-n4c5ccccc5c5c6c(ccc54)C4(c5ccccc5S6)c5ccccc5-c5ccccc54)c4ccccc34)n2)cc1. The smallest absolute Gasteiger partial charge is 0.164 e. The fourth-order valence-electron chi connectivity index (χ4n) is 10.2. The molecule has 0 fully saturated rings. The van der Waals surface area contributed by atoms with Gasteiger partial charge in [0.1, 0.15) is 0 Å². The van der Waals surface area contributed by atoms with Crippen molar-refractivity contribution >= 4 is 44.3 Å². The van der Waals surface area contributed by atoms with Gasteiger partial charge in [0.25, 0.3) is 0 Å². The summed E-state index contributed by atoms with van der Waals surface area (Å²) in [4.78, 5) is 17.9. The summed E-state index contributed by atoms with van der Waals surface area (Å²) in [5.74, 6) is 1.94. The van der Waals surface area contributed by atoms with Gasteiger partial charge >= 0.3 is 0 Å². The second-order valence-electron chi connectivity index (χ2n) is 15.8. The second-order valence-corrected chi connectivity index (χ2v) is 16.9. The molecule has 0 amide bonds. The van der Waals surface area contributed by atoms with Gasteiger partial charge in [-0.15, -0.1) is 0 Å². The van der Waals surface area contributed by atoms with Crippen LogP contribution in [0.4, 0.5) is 0 Å². The van der Waals surface area contributed by atoms with Gasteiger partial charge in [-0.05, 0) is 69.1 Å². The molecule has 1 spiro atoms. The minimum Gasteiger partial charge on any atom is -0.309 e. The Bertz CT molecular complexity index is 3470. The van der Waals surface area contributed by atoms with Crippen LogP contribution in [0.2, 0.25) is 0 Å². The molecular weight excluding hydrogens is 761 g/mol. The maximum absolute atomic E-state index is 5.14. The van der Waals surface area contributed by atoms with Gasteiger partial charge in [-0.1, -0.05) is 188 Å². The first-order valence-corrected chi connectivity index (χ1v) is 21.5. The highest BCUT2D eigenvalue weighted by molar-refractivity contribution is 7.99. The van der Waals surface area contributed by atoms with Gasteiger partial charge < -0.3 is 4.57 Å². The zero-order valence-electron chi connectivity index (χ0n) is 32.8. The lowest BCUT2D eigenvalue weighted by molar-refractivity contribution is 0.726. The molecule has 61 heavy (non-hydrogen) atoms. The molecule has 4 nitrogen and oxygen atoms in total. The monoisotopic (exact) mass is 794 g/mol. The molecule has 0 bridgehead atoms. The number of benzene rings is 9. The summed E-state index contributed by atoms with van der Waals surface area (Å²) in [6.45, 7) is 0. The average molecular weight is 795 g/mol. The molecule has 5 heteroatoms. The number of aromatic nitrogens is 4. The third-order valence-electron chi connectivity index (χ3n) is 12.7. The molecule has 0 saturated heterocycles. The first-order valence-electron chi connectivity index (χ1n) is 20.7. The van der Waals surface area contributed by atoms with Crippen LogP contribution in [0.15, 0.2) is 216 Å². The van der Waals surface area contributed by atoms with Crippen molar-refractivity contribution in [3.63, 3.8) is 0 Å². The van der Waals surface area contributed by atoms with Gasteiger partial charge in [-0.2, -0.15) is 0 Å². The Labute approximate surface area is 356 Å². The van der Waals surface area contributed by atoms with Crippen LogP contribution in [-0.4, -0.2) is 19.5 Å². The quantitative estimate of drug-likeness (QED) is 0.178. The molecule has 2 aromatic heterocycles. The zero-order chi connectivity index (χ0) is 40.1. The number of hydrogen-bond acceptors (Lipinski definition) is 4. The molecule has 3 heterocycles. The minimum absolute atomic E-state index is 0.447. The average Bonchev–Trinajstić information content (AvgIpc) is 3.83. The van der Waals surface area contributed by atoms with Crippen molar-refractivity contribution in [3.05, 3.63) is 229 Å². The molecule has 0 radical (unpaired) electrons. The molecule has 0 N–H and O–H groups in total. The highest BCUT2D eigenvalue weighted by atomic mass is 32.2. The number of rotatable bonds is 4. The van der Waals surface area contributed by atoms with E-state index in [-0.39, 0.29) is 0 Å². The van der Waals surface area contributed by atoms with Crippen LogP contribution in [0.25, 0.3) is 83.6 Å². The predicted molar refractivity (Wildman–Crippen MR) is 249 cm³/mol. The van der Waals surface area contributed by atoms with Crippen molar-refractivity contribution in [1.82, 2.24) is 19.5 Å². The lowest BCUT2D eigenvalue weighted by Crippen LogP contribution is -2.32. The van der Waals surface area contributed by atoms with E-state index < -0.39 is 5.41 Å². The Morgan fingerprint density at radius 2 is 0.902 bits per heavy atom. The molecular formula is C56H34N4S. The molecule has 11 aromatic rings. The number of para-hydroxylation sites is 1. The van der Waals surface area contributed by atoms with Crippen molar-refractivity contribution in [2.75, 3.05) is 0 Å². The van der Waals surface area contributed by atoms with E-state index in [1.54, 1.807) is 0 Å². The number of nitrogens with zero attached hydrogens (tertiary/aromatic N) is 4. The topological polar surface area (TPSA) is 43.6 Å². The summed E-state index contributed by atoms with van der Waals surface area (Å²) in [5, 5.41) is 4.71. The van der Waals surface area contributed by atoms with Gasteiger partial charge in [-0.3, -0.25) is 0 Å². The summed E-state index contributed by atoms with van der Waals surface area (Å²) in [6, 6.07) is 74.3. The lowest BCUT2D eigenvalue weighted by Gasteiger charge is -2.40. The van der Waals surface area contributed by atoms with Crippen molar-refractivity contribution in [2.24, 2.45) is 0 Å². The molecule has 13 rings (SSSR count). The first kappa shape index (κ1) is 34.3. The van der Waals surface area contributed by atoms with Crippen LogP contribution in [0.1, 0.15) is 22.3 Å². The maximum atomic E-state index is 5.14. The highest BCUT2D eigenvalue weighted by Crippen LogP contribution is 2.63. The van der Waals surface area contributed by atoms with E-state index in [0.29, 0.717) is 17.5 Å². The van der Waals surface area contributed by atoms with E-state index in [1.807, 2.05) is 48.2 Å². The van der Waals surface area contributed by atoms with Crippen LogP contribution in [-0.2, 0) is 5.41 Å². The predicted octanol–water partition coefficient (Wildman–Crippen LogP) is 14.0. The molecule has 0 unspecified atom stereocenters. The molecule has 1 aliphatic heterocycles. The number of hydrogen-bond donors (Lipinski definition) is 0. The van der Waals surface area contributed by atoms with Gasteiger partial charge in [0.05, 0.1) is 22.1 Å². The second kappa shape index (κ2) is 13.2. The Kier molecular flexibility index (Phi) is 7.42. The van der Waals surface area contributed by atoms with Gasteiger partial charge in [-0.25, -0.2) is 15.0 Å². The van der Waals surface area contributed by atoms with Crippen molar-refractivity contribution in [2.45, 2.75) is 15.2 Å². The van der Waals surface area contributed by atoms with Crippen LogP contribution in [0.5, 0.6) is 0 Å². The summed E-state index contributed by atoms with van der Waals surface area (Å²) in [5.41, 5.74) is 13.9. The Morgan fingerprint density at radius 3 is 1.59 bits per heavy atom. The van der Waals surface area contributed by atoms with E-state index in [0.717, 1.165) is 33.2 Å². The van der Waals surface area contributed by atoms with Crippen molar-refractivity contribution in [3.8, 4) is 51.0 Å². The molecule has 2 aliphatic rings. The van der Waals surface area contributed by atoms with E-state index in [9.17, 15) is 0 Å². The van der Waals surface area contributed by atoms with Crippen molar-refractivity contribution in [1.29, 1.82) is 0 Å². The zero-order valence-corrected chi connectivity index (χ0v) is 33.6. The summed E-state index contributed by atoms with van der Waals surface area (Å²) < 4.78 is 2.47. The van der Waals surface area contributed by atoms with E-state index in [4.69, 9.17) is 15.0 Å². The molecule has 0 saturated carbocycles. The van der Waals surface area contributed by atoms with E-state index in [1.165, 1.54) is 65.0 Å². The Balaban J connectivity index is 1.07. The van der Waals surface area contributed by atoms with Crippen LogP contribution >= 0.6 is 11.8 Å². The lowest BCUT2D eigenvalue weighted by atomic mass is 9.67. The molecule has 284 valence electrons. The maximum Gasteiger partial charge on any atom is 0.164 e. The summed E-state index contributed by atoms with van der Waals surface area (Å²) in [7, 11) is 0. The third kappa shape index (κ3) is 4.87. The largest absolute Gasteiger partial charge is 0.309 e. The Hall–Kier alpha value is -7.60. The Morgan fingerprint density at radius 1 is 0.361 bits per heavy atom.